The highest BCUT2D eigenvalue weighted by Crippen LogP contribution is 2.22. The molecule has 154 valence electrons. The second-order valence-electron chi connectivity index (χ2n) is 7.39. The Morgan fingerprint density at radius 1 is 1.03 bits per heavy atom. The summed E-state index contributed by atoms with van der Waals surface area (Å²) in [4.78, 5) is 28.9. The quantitative estimate of drug-likeness (QED) is 0.742. The van der Waals surface area contributed by atoms with Gasteiger partial charge in [-0.15, -0.1) is 0 Å². The highest BCUT2D eigenvalue weighted by molar-refractivity contribution is 5.88. The average molecular weight is 396 g/mol. The first-order valence-electron chi connectivity index (χ1n) is 10.0. The maximum absolute atomic E-state index is 12.5. The first-order valence-corrected chi connectivity index (χ1v) is 10.0. The molecule has 0 saturated carbocycles. The number of carbonyl (C=O) groups excluding carboxylic acids is 2. The zero-order valence-corrected chi connectivity index (χ0v) is 17.1. The molecule has 1 fully saturated rings. The minimum Gasteiger partial charge on any atom is -0.497 e. The maximum atomic E-state index is 12.5. The third kappa shape index (κ3) is 6.06. The van der Waals surface area contributed by atoms with Gasteiger partial charge >= 0.3 is 0 Å². The molecule has 0 spiro atoms. The van der Waals surface area contributed by atoms with Crippen molar-refractivity contribution in [2.24, 2.45) is 0 Å². The molecule has 0 unspecified atom stereocenters. The number of carbonyl (C=O) groups is 2. The van der Waals surface area contributed by atoms with Gasteiger partial charge in [-0.3, -0.25) is 14.5 Å². The van der Waals surface area contributed by atoms with E-state index in [0.29, 0.717) is 13.0 Å². The van der Waals surface area contributed by atoms with Gasteiger partial charge in [0.2, 0.25) is 5.91 Å². The smallest absolute Gasteiger partial charge is 0.234 e. The van der Waals surface area contributed by atoms with Crippen LogP contribution in [-0.4, -0.2) is 62.5 Å². The van der Waals surface area contributed by atoms with E-state index in [1.54, 1.807) is 7.11 Å². The van der Waals surface area contributed by atoms with Crippen LogP contribution < -0.4 is 15.0 Å². The second kappa shape index (κ2) is 10.1. The van der Waals surface area contributed by atoms with Gasteiger partial charge in [0, 0.05) is 37.9 Å². The molecular weight excluding hydrogens is 366 g/mol. The molecule has 1 saturated heterocycles. The normalized spacial score (nSPS) is 15.6. The number of anilines is 1. The maximum Gasteiger partial charge on any atom is 0.234 e. The monoisotopic (exact) mass is 395 g/mol. The first-order chi connectivity index (χ1) is 14.0. The van der Waals surface area contributed by atoms with E-state index in [1.807, 2.05) is 48.5 Å². The fourth-order valence-electron chi connectivity index (χ4n) is 3.56. The Bertz CT molecular complexity index is 817. The van der Waals surface area contributed by atoms with E-state index >= 15 is 0 Å². The lowest BCUT2D eigenvalue weighted by Gasteiger charge is -2.36. The van der Waals surface area contributed by atoms with Crippen molar-refractivity contribution < 1.29 is 14.3 Å². The number of rotatable bonds is 8. The Morgan fingerprint density at radius 3 is 2.41 bits per heavy atom. The van der Waals surface area contributed by atoms with Crippen LogP contribution in [0, 0.1) is 0 Å². The summed E-state index contributed by atoms with van der Waals surface area (Å²) in [6.07, 6.45) is 0.519. The molecule has 1 atom stereocenters. The van der Waals surface area contributed by atoms with E-state index in [0.717, 1.165) is 43.2 Å². The molecule has 0 bridgehead atoms. The van der Waals surface area contributed by atoms with Crippen LogP contribution in [0.3, 0.4) is 0 Å². The first kappa shape index (κ1) is 20.9. The van der Waals surface area contributed by atoms with Gasteiger partial charge in [0.05, 0.1) is 19.7 Å². The third-order valence-electron chi connectivity index (χ3n) is 5.27. The van der Waals surface area contributed by atoms with Gasteiger partial charge in [-0.2, -0.15) is 0 Å². The predicted molar refractivity (Wildman–Crippen MR) is 114 cm³/mol. The molecule has 1 aliphatic rings. The zero-order chi connectivity index (χ0) is 20.6. The van der Waals surface area contributed by atoms with E-state index in [4.69, 9.17) is 4.74 Å². The lowest BCUT2D eigenvalue weighted by molar-refractivity contribution is -0.127. The standard InChI is InChI=1S/C23H29N3O3/c1-18(27)22(15-19-7-4-3-5-8-19)24-23(28)17-25-11-13-26(14-12-25)20-9-6-10-21(16-20)29-2/h3-10,16,22H,11-15,17H2,1-2H3,(H,24,28)/t22-/m0/s1. The number of hydrogen-bond donors (Lipinski definition) is 1. The van der Waals surface area contributed by atoms with Gasteiger partial charge < -0.3 is 15.0 Å². The molecule has 1 N–H and O–H groups in total. The number of hydrogen-bond acceptors (Lipinski definition) is 5. The summed E-state index contributed by atoms with van der Waals surface area (Å²) < 4.78 is 5.30. The van der Waals surface area contributed by atoms with Crippen LogP contribution in [-0.2, 0) is 16.0 Å². The topological polar surface area (TPSA) is 61.9 Å². The van der Waals surface area contributed by atoms with Crippen molar-refractivity contribution in [2.45, 2.75) is 19.4 Å². The molecule has 2 aromatic rings. The number of nitrogens with one attached hydrogen (secondary N) is 1. The Balaban J connectivity index is 1.49. The molecule has 0 radical (unpaired) electrons. The molecule has 3 rings (SSSR count). The van der Waals surface area contributed by atoms with Crippen LogP contribution in [0.4, 0.5) is 5.69 Å². The van der Waals surface area contributed by atoms with E-state index in [-0.39, 0.29) is 11.7 Å². The minimum atomic E-state index is -0.483. The van der Waals surface area contributed by atoms with Crippen molar-refractivity contribution in [1.29, 1.82) is 0 Å². The van der Waals surface area contributed by atoms with Crippen LogP contribution in [0.5, 0.6) is 5.75 Å². The number of amides is 1. The van der Waals surface area contributed by atoms with E-state index in [1.165, 1.54) is 6.92 Å². The SMILES string of the molecule is COc1cccc(N2CCN(CC(=O)N[C@@H](Cc3ccccc3)C(C)=O)CC2)c1. The Morgan fingerprint density at radius 2 is 1.76 bits per heavy atom. The lowest BCUT2D eigenvalue weighted by Crippen LogP contribution is -2.51. The largest absolute Gasteiger partial charge is 0.497 e. The van der Waals surface area contributed by atoms with Crippen molar-refractivity contribution in [3.63, 3.8) is 0 Å². The number of Topliss-reactive ketones (excluding diaryl/α,β-unsaturated/α-hetero) is 1. The molecule has 0 aliphatic carbocycles. The Kier molecular flexibility index (Phi) is 7.25. The minimum absolute atomic E-state index is 0.0231. The Hall–Kier alpha value is -2.86. The van der Waals surface area contributed by atoms with Crippen LogP contribution >= 0.6 is 0 Å². The predicted octanol–water partition coefficient (Wildman–Crippen LogP) is 2.13. The molecule has 1 amide bonds. The van der Waals surface area contributed by atoms with Gasteiger partial charge in [0.25, 0.3) is 0 Å². The summed E-state index contributed by atoms with van der Waals surface area (Å²) in [6.45, 7) is 5.13. The highest BCUT2D eigenvalue weighted by Gasteiger charge is 2.22. The number of ketones is 1. The van der Waals surface area contributed by atoms with Crippen molar-refractivity contribution in [1.82, 2.24) is 10.2 Å². The highest BCUT2D eigenvalue weighted by atomic mass is 16.5. The number of nitrogens with zero attached hydrogens (tertiary/aromatic N) is 2. The average Bonchev–Trinajstić information content (AvgIpc) is 2.74. The molecule has 6 heteroatoms. The van der Waals surface area contributed by atoms with Crippen LogP contribution in [0.25, 0.3) is 0 Å². The van der Waals surface area contributed by atoms with Gasteiger partial charge in [0.1, 0.15) is 5.75 Å². The summed E-state index contributed by atoms with van der Waals surface area (Å²) >= 11 is 0. The van der Waals surface area contributed by atoms with E-state index in [9.17, 15) is 9.59 Å². The van der Waals surface area contributed by atoms with Gasteiger partial charge in [-0.25, -0.2) is 0 Å². The Labute approximate surface area is 172 Å². The fraction of sp³-hybridized carbons (Fsp3) is 0.391. The molecule has 6 nitrogen and oxygen atoms in total. The molecule has 1 aliphatic heterocycles. The molecular formula is C23H29N3O3. The third-order valence-corrected chi connectivity index (χ3v) is 5.27. The van der Waals surface area contributed by atoms with Crippen LogP contribution in [0.2, 0.25) is 0 Å². The van der Waals surface area contributed by atoms with Crippen molar-refractivity contribution >= 4 is 17.4 Å². The number of piperazine rings is 1. The molecule has 29 heavy (non-hydrogen) atoms. The van der Waals surface area contributed by atoms with Crippen molar-refractivity contribution in [2.75, 3.05) is 44.7 Å². The van der Waals surface area contributed by atoms with E-state index in [2.05, 4.69) is 21.2 Å². The van der Waals surface area contributed by atoms with Crippen molar-refractivity contribution in [3.8, 4) is 5.75 Å². The van der Waals surface area contributed by atoms with Gasteiger partial charge in [-0.05, 0) is 31.0 Å². The summed E-state index contributed by atoms with van der Waals surface area (Å²) in [5.74, 6) is 0.721. The fourth-order valence-corrected chi connectivity index (χ4v) is 3.56. The number of ether oxygens (including phenoxy) is 1. The summed E-state index contributed by atoms with van der Waals surface area (Å²) in [5, 5.41) is 2.91. The van der Waals surface area contributed by atoms with Gasteiger partial charge in [0.15, 0.2) is 5.78 Å². The summed E-state index contributed by atoms with van der Waals surface area (Å²) in [6, 6.07) is 17.3. The number of methoxy groups -OCH3 is 1. The van der Waals surface area contributed by atoms with E-state index < -0.39 is 6.04 Å². The van der Waals surface area contributed by atoms with Crippen molar-refractivity contribution in [3.05, 3.63) is 60.2 Å². The lowest BCUT2D eigenvalue weighted by atomic mass is 10.0. The van der Waals surface area contributed by atoms with Gasteiger partial charge in [-0.1, -0.05) is 36.4 Å². The second-order valence-corrected chi connectivity index (χ2v) is 7.39. The zero-order valence-electron chi connectivity index (χ0n) is 17.1. The van der Waals surface area contributed by atoms with Crippen LogP contribution in [0.15, 0.2) is 54.6 Å². The summed E-state index contributed by atoms with van der Waals surface area (Å²) in [7, 11) is 1.67. The molecule has 2 aromatic carbocycles. The molecule has 1 heterocycles. The number of benzene rings is 2. The summed E-state index contributed by atoms with van der Waals surface area (Å²) in [5.41, 5.74) is 2.17. The molecule has 0 aromatic heterocycles. The van der Waals surface area contributed by atoms with Crippen LogP contribution in [0.1, 0.15) is 12.5 Å².